The zero-order valence-corrected chi connectivity index (χ0v) is 67.1. The molecule has 0 saturated heterocycles. The van der Waals surface area contributed by atoms with Gasteiger partial charge in [-0.3, -0.25) is 0 Å². The van der Waals surface area contributed by atoms with E-state index < -0.39 is 0 Å². The minimum absolute atomic E-state index is 1.11. The summed E-state index contributed by atoms with van der Waals surface area (Å²) in [5.41, 5.74) is 26.3. The van der Waals surface area contributed by atoms with Gasteiger partial charge in [0.15, 0.2) is 0 Å². The lowest BCUT2D eigenvalue weighted by Crippen LogP contribution is -2.10. The molecular formula is C120H80N2. The molecule has 0 radical (unpaired) electrons. The van der Waals surface area contributed by atoms with E-state index in [0.29, 0.717) is 0 Å². The number of nitrogens with zero attached hydrogens (tertiary/aromatic N) is 2. The lowest BCUT2D eigenvalue weighted by molar-refractivity contribution is 1.29. The molecule has 0 atom stereocenters. The second kappa shape index (κ2) is 31.5. The first-order chi connectivity index (χ1) is 60.6. The number of hydrogen-bond acceptors (Lipinski definition) is 2. The molecule has 23 aromatic carbocycles. The molecule has 0 saturated carbocycles. The maximum Gasteiger partial charge on any atom is 0.0540 e. The van der Waals surface area contributed by atoms with Gasteiger partial charge in [-0.05, 0) is 278 Å². The Kier molecular flexibility index (Phi) is 18.7. The fourth-order valence-electron chi connectivity index (χ4n) is 19.0. The Hall–Kier alpha value is -16.0. The third-order valence-electron chi connectivity index (χ3n) is 24.6. The Bertz CT molecular complexity index is 7820. The van der Waals surface area contributed by atoms with Crippen LogP contribution in [0.4, 0.5) is 34.1 Å². The summed E-state index contributed by atoms with van der Waals surface area (Å²) < 4.78 is 0. The zero-order chi connectivity index (χ0) is 80.8. The maximum absolute atomic E-state index is 2.44. The molecule has 2 heteroatoms. The molecule has 0 aliphatic rings. The van der Waals surface area contributed by atoms with Crippen molar-refractivity contribution in [2.24, 2.45) is 0 Å². The molecule has 570 valence electrons. The van der Waals surface area contributed by atoms with E-state index in [9.17, 15) is 0 Å². The predicted octanol–water partition coefficient (Wildman–Crippen LogP) is 34.0. The van der Waals surface area contributed by atoms with Crippen molar-refractivity contribution < 1.29 is 0 Å². The van der Waals surface area contributed by atoms with Gasteiger partial charge in [0.25, 0.3) is 0 Å². The highest BCUT2D eigenvalue weighted by molar-refractivity contribution is 6.35. The van der Waals surface area contributed by atoms with Crippen LogP contribution in [0, 0.1) is 0 Å². The fraction of sp³-hybridized carbons (Fsp3) is 0. The molecule has 0 aliphatic heterocycles. The molecule has 2 nitrogen and oxygen atoms in total. The van der Waals surface area contributed by atoms with Gasteiger partial charge in [-0.25, -0.2) is 0 Å². The Labute approximate surface area is 710 Å². The number of anilines is 6. The summed E-state index contributed by atoms with van der Waals surface area (Å²) in [5.74, 6) is 0. The molecule has 0 amide bonds. The monoisotopic (exact) mass is 1550 g/mol. The van der Waals surface area contributed by atoms with Crippen molar-refractivity contribution in [2.45, 2.75) is 0 Å². The molecule has 0 spiro atoms. The Morgan fingerprint density at radius 2 is 0.426 bits per heavy atom. The van der Waals surface area contributed by atoms with Gasteiger partial charge in [0.1, 0.15) is 0 Å². The summed E-state index contributed by atoms with van der Waals surface area (Å²) >= 11 is 0. The third kappa shape index (κ3) is 13.1. The molecule has 0 aliphatic carbocycles. The average Bonchev–Trinajstić information content (AvgIpc) is 0.711. The van der Waals surface area contributed by atoms with E-state index in [0.717, 1.165) is 34.1 Å². The lowest BCUT2D eigenvalue weighted by atomic mass is 9.81. The van der Waals surface area contributed by atoms with Gasteiger partial charge in [-0.1, -0.05) is 388 Å². The first kappa shape index (κ1) is 72.5. The van der Waals surface area contributed by atoms with Crippen LogP contribution in [-0.4, -0.2) is 0 Å². The molecule has 0 N–H and O–H groups in total. The second-order valence-corrected chi connectivity index (χ2v) is 31.6. The summed E-state index contributed by atoms with van der Waals surface area (Å²) in [6, 6.07) is 177. The number of benzene rings is 23. The minimum Gasteiger partial charge on any atom is -0.310 e. The number of para-hydroxylation sites is 3. The first-order valence-corrected chi connectivity index (χ1v) is 42.1. The van der Waals surface area contributed by atoms with Crippen molar-refractivity contribution in [1.29, 1.82) is 0 Å². The summed E-state index contributed by atoms with van der Waals surface area (Å²) in [5, 5.41) is 22.5. The second-order valence-electron chi connectivity index (χ2n) is 31.6. The van der Waals surface area contributed by atoms with Crippen LogP contribution in [0.3, 0.4) is 0 Å². The van der Waals surface area contributed by atoms with Crippen molar-refractivity contribution in [3.63, 3.8) is 0 Å². The smallest absolute Gasteiger partial charge is 0.0540 e. The van der Waals surface area contributed by atoms with Crippen molar-refractivity contribution >= 4 is 131 Å². The Morgan fingerprint density at radius 3 is 0.877 bits per heavy atom. The van der Waals surface area contributed by atoms with Gasteiger partial charge < -0.3 is 9.80 Å². The molecule has 23 aromatic rings. The van der Waals surface area contributed by atoms with E-state index in [4.69, 9.17) is 0 Å². The van der Waals surface area contributed by atoms with Gasteiger partial charge in [0.05, 0.1) is 5.69 Å². The molecule has 23 rings (SSSR count). The number of rotatable bonds is 14. The van der Waals surface area contributed by atoms with E-state index in [2.05, 4.69) is 495 Å². The number of fused-ring (bicyclic) bond motifs is 16. The summed E-state index contributed by atoms with van der Waals surface area (Å²) in [6.07, 6.45) is 0. The SMILES string of the molecule is c1ccc(-c2cc(-c3ccccc3)c3c4ccc(-c5ccc(N(c6ccccc6)c6cccc7ccccc67)cc5)cc4c4ccccc4c3c2-c2ccccc2)cc1.c1ccc(-c2cc(-c3ccccc3)c3c4ccc(-c5ccc6c(ccc7cc(N(c8ccccc8)c8ccccc8)ccc76)c5)cc4c4ccccc4c3c2-c2ccccc2)cc1. The molecular weight excluding hydrogens is 1470 g/mol. The van der Waals surface area contributed by atoms with E-state index in [1.165, 1.54) is 186 Å². The van der Waals surface area contributed by atoms with E-state index in [-0.39, 0.29) is 0 Å². The van der Waals surface area contributed by atoms with Crippen LogP contribution < -0.4 is 9.80 Å². The number of hydrogen-bond donors (Lipinski definition) is 0. The van der Waals surface area contributed by atoms with Crippen LogP contribution in [0.15, 0.2) is 485 Å². The van der Waals surface area contributed by atoms with Crippen LogP contribution >= 0.6 is 0 Å². The van der Waals surface area contributed by atoms with Gasteiger partial charge in [-0.2, -0.15) is 0 Å². The van der Waals surface area contributed by atoms with E-state index in [1.807, 2.05) is 0 Å². The summed E-state index contributed by atoms with van der Waals surface area (Å²) in [6.45, 7) is 0. The highest BCUT2D eigenvalue weighted by Crippen LogP contribution is 2.53. The largest absolute Gasteiger partial charge is 0.310 e. The van der Waals surface area contributed by atoms with Crippen molar-refractivity contribution in [3.05, 3.63) is 485 Å². The average molecular weight is 1550 g/mol. The molecule has 122 heavy (non-hydrogen) atoms. The zero-order valence-electron chi connectivity index (χ0n) is 67.1. The predicted molar refractivity (Wildman–Crippen MR) is 523 cm³/mol. The molecule has 0 unspecified atom stereocenters. The van der Waals surface area contributed by atoms with Crippen molar-refractivity contribution in [1.82, 2.24) is 0 Å². The lowest BCUT2D eigenvalue weighted by Gasteiger charge is -2.27. The van der Waals surface area contributed by atoms with Crippen LogP contribution in [0.1, 0.15) is 0 Å². The van der Waals surface area contributed by atoms with Gasteiger partial charge in [0.2, 0.25) is 0 Å². The van der Waals surface area contributed by atoms with Gasteiger partial charge in [0, 0.05) is 33.8 Å². The van der Waals surface area contributed by atoms with Crippen molar-refractivity contribution in [2.75, 3.05) is 9.80 Å². The topological polar surface area (TPSA) is 6.48 Å². The maximum atomic E-state index is 2.44. The van der Waals surface area contributed by atoms with Crippen LogP contribution in [-0.2, 0) is 0 Å². The third-order valence-corrected chi connectivity index (χ3v) is 24.6. The first-order valence-electron chi connectivity index (χ1n) is 42.1. The highest BCUT2D eigenvalue weighted by atomic mass is 15.1. The molecule has 0 aromatic heterocycles. The molecule has 0 fully saturated rings. The van der Waals surface area contributed by atoms with Crippen LogP contribution in [0.25, 0.3) is 186 Å². The summed E-state index contributed by atoms with van der Waals surface area (Å²) in [4.78, 5) is 4.69. The van der Waals surface area contributed by atoms with E-state index >= 15 is 0 Å². The molecule has 0 heterocycles. The van der Waals surface area contributed by atoms with Crippen LogP contribution in [0.2, 0.25) is 0 Å². The standard InChI is InChI=1S/C62H41N.C58H39N/c1-6-18-42(19-7-1)57-41-58(43-20-8-2-9-21-43)61-56-36-33-46(40-59(56)54-28-16-17-29-55(54)62(61)60(57)44-22-10-3-11-23-44)45-32-35-52-47(38-45)30-31-48-39-51(34-37-53(48)52)63(49-24-12-4-13-25-49)50-26-14-5-15-27-50;1-5-18-42(19-6-1)52-39-53(43-20-7-2-8-21-43)57-51-37-34-45(38-54(51)49-29-15-16-30-50(49)58(57)56(52)44-23-9-3-10-24-44)40-32-35-47(36-33-40)59(46-26-11-4-12-27-46)55-31-17-25-41-22-13-14-28-48(41)55/h1-41H;1-39H. The van der Waals surface area contributed by atoms with E-state index in [1.54, 1.807) is 0 Å². The molecule has 0 bridgehead atoms. The highest BCUT2D eigenvalue weighted by Gasteiger charge is 2.26. The van der Waals surface area contributed by atoms with Crippen molar-refractivity contribution in [3.8, 4) is 89.0 Å². The van der Waals surface area contributed by atoms with Gasteiger partial charge >= 0.3 is 0 Å². The summed E-state index contributed by atoms with van der Waals surface area (Å²) in [7, 11) is 0. The normalized spacial score (nSPS) is 11.4. The Morgan fingerprint density at radius 1 is 0.123 bits per heavy atom. The van der Waals surface area contributed by atoms with Gasteiger partial charge in [-0.15, -0.1) is 0 Å². The minimum atomic E-state index is 1.11. The van der Waals surface area contributed by atoms with Crippen LogP contribution in [0.5, 0.6) is 0 Å². The fourth-order valence-corrected chi connectivity index (χ4v) is 19.0. The quantitative estimate of drug-likeness (QED) is 0.100. The Balaban J connectivity index is 0.000000146.